The van der Waals surface area contributed by atoms with E-state index in [2.05, 4.69) is 36.8 Å². The van der Waals surface area contributed by atoms with Gasteiger partial charge in [-0.2, -0.15) is 0 Å². The van der Waals surface area contributed by atoms with Crippen molar-refractivity contribution in [2.75, 3.05) is 5.73 Å². The zero-order chi connectivity index (χ0) is 13.3. The molecule has 1 aromatic carbocycles. The van der Waals surface area contributed by atoms with Gasteiger partial charge in [0.1, 0.15) is 11.6 Å². The van der Waals surface area contributed by atoms with E-state index in [1.165, 1.54) is 12.3 Å². The first-order chi connectivity index (χ1) is 8.47. The van der Waals surface area contributed by atoms with E-state index in [-0.39, 0.29) is 16.7 Å². The Balaban J connectivity index is 2.37. The van der Waals surface area contributed by atoms with Gasteiger partial charge in [0.05, 0.1) is 15.2 Å². The van der Waals surface area contributed by atoms with Gasteiger partial charge < -0.3 is 10.5 Å². The molecule has 0 aliphatic heterocycles. The zero-order valence-electron chi connectivity index (χ0n) is 8.75. The van der Waals surface area contributed by atoms with Crippen LogP contribution in [-0.4, -0.2) is 4.98 Å². The Kier molecular flexibility index (Phi) is 4.09. The number of ether oxygens (including phenoxy) is 1. The Labute approximate surface area is 124 Å². The minimum Gasteiger partial charge on any atom is -0.436 e. The molecule has 0 aliphatic rings. The van der Waals surface area contributed by atoms with E-state index >= 15 is 0 Å². The van der Waals surface area contributed by atoms with Crippen LogP contribution in [0.1, 0.15) is 0 Å². The lowest BCUT2D eigenvalue weighted by Gasteiger charge is -2.09. The number of rotatable bonds is 2. The summed E-state index contributed by atoms with van der Waals surface area (Å²) in [6, 6.07) is 4.21. The smallest absolute Gasteiger partial charge is 0.242 e. The van der Waals surface area contributed by atoms with Crippen LogP contribution in [0.25, 0.3) is 0 Å². The summed E-state index contributed by atoms with van der Waals surface area (Å²) >= 11 is 12.1. The van der Waals surface area contributed by atoms with E-state index in [4.69, 9.17) is 22.1 Å². The molecule has 0 spiro atoms. The maximum absolute atomic E-state index is 13.3. The Morgan fingerprint density at radius 1 is 1.28 bits per heavy atom. The normalized spacial score (nSPS) is 10.4. The highest BCUT2D eigenvalue weighted by Crippen LogP contribution is 2.35. The fourth-order valence-electron chi connectivity index (χ4n) is 1.21. The third-order valence-electron chi connectivity index (χ3n) is 2.03. The molecule has 0 bridgehead atoms. The van der Waals surface area contributed by atoms with Crippen molar-refractivity contribution >= 4 is 49.1 Å². The first kappa shape index (κ1) is 13.6. The number of hydrogen-bond donors (Lipinski definition) is 1. The number of nitrogens with two attached hydrogens (primary N) is 1. The van der Waals surface area contributed by atoms with Gasteiger partial charge in [0.25, 0.3) is 0 Å². The molecular formula is C11H6Br2ClFN2O. The second-order valence-electron chi connectivity index (χ2n) is 3.35. The lowest BCUT2D eigenvalue weighted by Crippen LogP contribution is -1.96. The van der Waals surface area contributed by atoms with Gasteiger partial charge in [0.15, 0.2) is 0 Å². The third-order valence-corrected chi connectivity index (χ3v) is 3.37. The lowest BCUT2D eigenvalue weighted by atomic mass is 10.3. The van der Waals surface area contributed by atoms with Crippen LogP contribution in [0.3, 0.4) is 0 Å². The van der Waals surface area contributed by atoms with Crippen LogP contribution < -0.4 is 10.5 Å². The van der Waals surface area contributed by atoms with Gasteiger partial charge in [-0.25, -0.2) is 9.37 Å². The summed E-state index contributed by atoms with van der Waals surface area (Å²) in [4.78, 5) is 4.00. The fourth-order valence-corrected chi connectivity index (χ4v) is 2.28. The molecule has 2 N–H and O–H groups in total. The highest BCUT2D eigenvalue weighted by molar-refractivity contribution is 9.10. The van der Waals surface area contributed by atoms with Gasteiger partial charge in [0, 0.05) is 16.7 Å². The largest absolute Gasteiger partial charge is 0.436 e. The zero-order valence-corrected chi connectivity index (χ0v) is 12.7. The molecule has 0 fully saturated rings. The minimum absolute atomic E-state index is 0.00552. The quantitative estimate of drug-likeness (QED) is 0.744. The molecule has 7 heteroatoms. The molecule has 2 rings (SSSR count). The molecule has 2 aromatic rings. The standard InChI is InChI=1S/C11H6Br2ClFN2O/c12-5-1-9(16)11(17-4-5)18-10-3-8(15)7(14)2-6(10)13/h1-4H,16H2. The number of pyridine rings is 1. The van der Waals surface area contributed by atoms with Crippen LogP contribution in [0.15, 0.2) is 33.3 Å². The monoisotopic (exact) mass is 394 g/mol. The Morgan fingerprint density at radius 2 is 2.00 bits per heavy atom. The maximum atomic E-state index is 13.3. The molecule has 0 amide bonds. The number of nitrogens with zero attached hydrogens (tertiary/aromatic N) is 1. The number of hydrogen-bond acceptors (Lipinski definition) is 3. The highest BCUT2D eigenvalue weighted by Gasteiger charge is 2.11. The van der Waals surface area contributed by atoms with E-state index in [0.717, 1.165) is 10.5 Å². The molecular weight excluding hydrogens is 390 g/mol. The summed E-state index contributed by atoms with van der Waals surface area (Å²) in [7, 11) is 0. The Morgan fingerprint density at radius 3 is 2.67 bits per heavy atom. The van der Waals surface area contributed by atoms with Crippen molar-refractivity contribution in [2.45, 2.75) is 0 Å². The Hall–Kier alpha value is -0.850. The minimum atomic E-state index is -0.578. The number of halogens is 4. The molecule has 94 valence electrons. The third kappa shape index (κ3) is 2.93. The molecule has 0 radical (unpaired) electrons. The van der Waals surface area contributed by atoms with Crippen LogP contribution in [0, 0.1) is 5.82 Å². The number of anilines is 1. The van der Waals surface area contributed by atoms with Crippen molar-refractivity contribution in [3.63, 3.8) is 0 Å². The van der Waals surface area contributed by atoms with Crippen LogP contribution in [-0.2, 0) is 0 Å². The van der Waals surface area contributed by atoms with Crippen LogP contribution in [0.2, 0.25) is 5.02 Å². The highest BCUT2D eigenvalue weighted by atomic mass is 79.9. The summed E-state index contributed by atoms with van der Waals surface area (Å²) < 4.78 is 20.0. The van der Waals surface area contributed by atoms with Gasteiger partial charge >= 0.3 is 0 Å². The first-order valence-corrected chi connectivity index (χ1v) is 6.67. The first-order valence-electron chi connectivity index (χ1n) is 4.71. The molecule has 0 atom stereocenters. The van der Waals surface area contributed by atoms with Gasteiger partial charge in [0.2, 0.25) is 5.88 Å². The van der Waals surface area contributed by atoms with Gasteiger partial charge in [-0.1, -0.05) is 11.6 Å². The van der Waals surface area contributed by atoms with Crippen molar-refractivity contribution in [3.8, 4) is 11.6 Å². The topological polar surface area (TPSA) is 48.1 Å². The molecule has 18 heavy (non-hydrogen) atoms. The van der Waals surface area contributed by atoms with Crippen molar-refractivity contribution < 1.29 is 9.13 Å². The summed E-state index contributed by atoms with van der Waals surface area (Å²) in [6.45, 7) is 0. The fraction of sp³-hybridized carbons (Fsp3) is 0. The van der Waals surface area contributed by atoms with Gasteiger partial charge in [-0.05, 0) is 44.0 Å². The second-order valence-corrected chi connectivity index (χ2v) is 5.52. The van der Waals surface area contributed by atoms with Crippen molar-refractivity contribution in [1.29, 1.82) is 0 Å². The number of nitrogen functional groups attached to an aromatic ring is 1. The molecule has 0 saturated heterocycles. The van der Waals surface area contributed by atoms with Crippen molar-refractivity contribution in [2.24, 2.45) is 0 Å². The maximum Gasteiger partial charge on any atom is 0.242 e. The van der Waals surface area contributed by atoms with E-state index in [1.54, 1.807) is 6.07 Å². The summed E-state index contributed by atoms with van der Waals surface area (Å²) in [5.41, 5.74) is 6.07. The summed E-state index contributed by atoms with van der Waals surface area (Å²) in [6.07, 6.45) is 1.53. The molecule has 3 nitrogen and oxygen atoms in total. The second kappa shape index (κ2) is 5.42. The Bertz CT molecular complexity index is 610. The van der Waals surface area contributed by atoms with E-state index < -0.39 is 5.82 Å². The van der Waals surface area contributed by atoms with Crippen LogP contribution in [0.5, 0.6) is 11.6 Å². The van der Waals surface area contributed by atoms with E-state index in [9.17, 15) is 4.39 Å². The van der Waals surface area contributed by atoms with Gasteiger partial charge in [-0.15, -0.1) is 0 Å². The summed E-state index contributed by atoms with van der Waals surface area (Å²) in [5.74, 6) is -0.135. The van der Waals surface area contributed by atoms with Crippen molar-refractivity contribution in [1.82, 2.24) is 4.98 Å². The van der Waals surface area contributed by atoms with Crippen LogP contribution >= 0.6 is 43.5 Å². The van der Waals surface area contributed by atoms with E-state index in [0.29, 0.717) is 10.2 Å². The molecule has 0 aliphatic carbocycles. The van der Waals surface area contributed by atoms with E-state index in [1.807, 2.05) is 0 Å². The number of benzene rings is 1. The SMILES string of the molecule is Nc1cc(Br)cnc1Oc1cc(F)c(Cl)cc1Br. The van der Waals surface area contributed by atoms with Crippen molar-refractivity contribution in [3.05, 3.63) is 44.2 Å². The van der Waals surface area contributed by atoms with Gasteiger partial charge in [-0.3, -0.25) is 0 Å². The number of aromatic nitrogens is 1. The average molecular weight is 396 g/mol. The molecule has 0 saturated carbocycles. The van der Waals surface area contributed by atoms with Crippen LogP contribution in [0.4, 0.5) is 10.1 Å². The predicted octanol–water partition coefficient (Wildman–Crippen LogP) is 4.77. The predicted molar refractivity (Wildman–Crippen MR) is 75.5 cm³/mol. The summed E-state index contributed by atoms with van der Waals surface area (Å²) in [5, 5.41) is 0.00552. The lowest BCUT2D eigenvalue weighted by molar-refractivity contribution is 0.457. The molecule has 0 unspecified atom stereocenters. The molecule has 1 aromatic heterocycles. The molecule has 1 heterocycles. The average Bonchev–Trinajstić information content (AvgIpc) is 2.29.